The summed E-state index contributed by atoms with van der Waals surface area (Å²) < 4.78 is 7.47. The van der Waals surface area contributed by atoms with E-state index in [1.807, 2.05) is 24.5 Å². The fourth-order valence-corrected chi connectivity index (χ4v) is 3.09. The molecular formula is C18H18N6O2. The number of imidazole rings is 1. The second-order valence-corrected chi connectivity index (χ2v) is 6.79. The molecule has 1 aliphatic heterocycles. The minimum Gasteiger partial charge on any atom is -0.466 e. The number of likely N-dealkylation sites (N-methyl/N-ethyl adjacent to an activating group) is 1. The lowest BCUT2D eigenvalue weighted by Gasteiger charge is -2.25. The molecular weight excluding hydrogens is 332 g/mol. The van der Waals surface area contributed by atoms with E-state index in [1.165, 1.54) is 12.8 Å². The maximum atomic E-state index is 11.8. The maximum absolute atomic E-state index is 11.8. The monoisotopic (exact) mass is 350 g/mol. The van der Waals surface area contributed by atoms with Crippen LogP contribution in [0, 0.1) is 5.92 Å². The third kappa shape index (κ3) is 2.63. The Hall–Kier alpha value is -3.16. The molecule has 26 heavy (non-hydrogen) atoms. The number of amides is 1. The van der Waals surface area contributed by atoms with E-state index in [1.54, 1.807) is 18.1 Å². The third-order valence-corrected chi connectivity index (χ3v) is 4.79. The van der Waals surface area contributed by atoms with E-state index in [2.05, 4.69) is 19.9 Å². The molecule has 1 N–H and O–H groups in total. The van der Waals surface area contributed by atoms with Crippen molar-refractivity contribution in [2.24, 2.45) is 5.92 Å². The second kappa shape index (κ2) is 5.69. The van der Waals surface area contributed by atoms with Crippen molar-refractivity contribution in [3.63, 3.8) is 0 Å². The van der Waals surface area contributed by atoms with Crippen molar-refractivity contribution in [1.82, 2.24) is 19.5 Å². The topological polar surface area (TPSA) is 85.2 Å². The first-order chi connectivity index (χ1) is 12.7. The highest BCUT2D eigenvalue weighted by Gasteiger charge is 2.24. The molecule has 1 aliphatic carbocycles. The number of fused-ring (bicyclic) bond motifs is 2. The van der Waals surface area contributed by atoms with E-state index < -0.39 is 0 Å². The zero-order valence-corrected chi connectivity index (χ0v) is 14.3. The molecule has 3 aromatic heterocycles. The molecule has 1 amide bonds. The largest absolute Gasteiger partial charge is 0.466 e. The van der Waals surface area contributed by atoms with Crippen molar-refractivity contribution in [2.75, 3.05) is 23.9 Å². The zero-order chi connectivity index (χ0) is 17.7. The Morgan fingerprint density at radius 2 is 2.19 bits per heavy atom. The first kappa shape index (κ1) is 15.1. The highest BCUT2D eigenvalue weighted by Crippen LogP contribution is 2.33. The fourth-order valence-electron chi connectivity index (χ4n) is 3.09. The van der Waals surface area contributed by atoms with Gasteiger partial charge in [-0.15, -0.1) is 0 Å². The third-order valence-electron chi connectivity index (χ3n) is 4.79. The number of nitrogens with zero attached hydrogens (tertiary/aromatic N) is 5. The summed E-state index contributed by atoms with van der Waals surface area (Å²) in [7, 11) is 1.72. The van der Waals surface area contributed by atoms with Gasteiger partial charge in [-0.3, -0.25) is 4.79 Å². The van der Waals surface area contributed by atoms with Gasteiger partial charge in [0.2, 0.25) is 5.88 Å². The Labute approximate surface area is 149 Å². The van der Waals surface area contributed by atoms with Crippen LogP contribution in [0.25, 0.3) is 11.2 Å². The van der Waals surface area contributed by atoms with Gasteiger partial charge >= 0.3 is 0 Å². The Morgan fingerprint density at radius 1 is 1.31 bits per heavy atom. The summed E-state index contributed by atoms with van der Waals surface area (Å²) >= 11 is 0. The Morgan fingerprint density at radius 3 is 3.04 bits per heavy atom. The summed E-state index contributed by atoms with van der Waals surface area (Å²) in [5, 5.41) is 3.26. The van der Waals surface area contributed by atoms with Crippen molar-refractivity contribution < 1.29 is 9.53 Å². The molecule has 0 atom stereocenters. The average Bonchev–Trinajstić information content (AvgIpc) is 3.38. The zero-order valence-electron chi connectivity index (χ0n) is 14.3. The summed E-state index contributed by atoms with van der Waals surface area (Å²) in [4.78, 5) is 26.8. The molecule has 4 heterocycles. The number of rotatable bonds is 4. The Kier molecular flexibility index (Phi) is 3.31. The van der Waals surface area contributed by atoms with Crippen LogP contribution in [0.2, 0.25) is 0 Å². The van der Waals surface area contributed by atoms with Gasteiger partial charge in [-0.25, -0.2) is 15.0 Å². The molecule has 132 valence electrons. The van der Waals surface area contributed by atoms with Crippen molar-refractivity contribution >= 4 is 34.3 Å². The molecule has 0 saturated heterocycles. The highest BCUT2D eigenvalue weighted by atomic mass is 16.5. The van der Waals surface area contributed by atoms with Crippen molar-refractivity contribution in [3.8, 4) is 5.88 Å². The van der Waals surface area contributed by atoms with Gasteiger partial charge in [0.05, 0.1) is 18.2 Å². The van der Waals surface area contributed by atoms with E-state index in [0.29, 0.717) is 17.4 Å². The van der Waals surface area contributed by atoms with E-state index in [-0.39, 0.29) is 12.5 Å². The van der Waals surface area contributed by atoms with Crippen LogP contribution in [0.5, 0.6) is 5.88 Å². The molecule has 8 heteroatoms. The van der Waals surface area contributed by atoms with Crippen LogP contribution in [0.4, 0.5) is 17.2 Å². The first-order valence-corrected chi connectivity index (χ1v) is 8.66. The summed E-state index contributed by atoms with van der Waals surface area (Å²) in [6, 6.07) is 5.69. The number of carbonyl (C=O) groups excluding carboxylic acids is 1. The molecule has 0 spiro atoms. The SMILES string of the molecule is CN1C(=O)COc2ncc(Nc3ccc4ncn(CC5CC5)c4n3)cc21. The summed E-state index contributed by atoms with van der Waals surface area (Å²) in [5.41, 5.74) is 3.15. The number of hydrogen-bond acceptors (Lipinski definition) is 6. The van der Waals surface area contributed by atoms with Gasteiger partial charge in [0.15, 0.2) is 12.3 Å². The average molecular weight is 350 g/mol. The molecule has 0 radical (unpaired) electrons. The summed E-state index contributed by atoms with van der Waals surface area (Å²) in [6.45, 7) is 0.990. The number of ether oxygens (including phenoxy) is 1. The normalized spacial score (nSPS) is 16.5. The molecule has 0 bridgehead atoms. The number of carbonyl (C=O) groups is 1. The lowest BCUT2D eigenvalue weighted by Crippen LogP contribution is -2.35. The van der Waals surface area contributed by atoms with Gasteiger partial charge in [0, 0.05) is 13.6 Å². The molecule has 3 aromatic rings. The fraction of sp³-hybridized carbons (Fsp3) is 0.333. The second-order valence-electron chi connectivity index (χ2n) is 6.79. The van der Waals surface area contributed by atoms with Gasteiger partial charge in [-0.05, 0) is 37.0 Å². The van der Waals surface area contributed by atoms with Crippen molar-refractivity contribution in [1.29, 1.82) is 0 Å². The minimum absolute atomic E-state index is 0.0203. The summed E-state index contributed by atoms with van der Waals surface area (Å²) in [5.74, 6) is 1.83. The standard InChI is InChI=1S/C18H18N6O2/c1-23-14-6-12(7-19-18(14)26-9-16(23)25)21-15-5-4-13-17(22-15)24(10-20-13)8-11-2-3-11/h4-7,10-11H,2-3,8-9H2,1H3,(H,21,22). The molecule has 1 saturated carbocycles. The predicted molar refractivity (Wildman–Crippen MR) is 96.7 cm³/mol. The van der Waals surface area contributed by atoms with Crippen LogP contribution in [-0.4, -0.2) is 39.1 Å². The number of pyridine rings is 2. The smallest absolute Gasteiger partial charge is 0.264 e. The minimum atomic E-state index is -0.0972. The lowest BCUT2D eigenvalue weighted by molar-refractivity contribution is -0.121. The van der Waals surface area contributed by atoms with Crippen LogP contribution in [0.1, 0.15) is 12.8 Å². The van der Waals surface area contributed by atoms with Crippen LogP contribution < -0.4 is 15.0 Å². The first-order valence-electron chi connectivity index (χ1n) is 8.66. The van der Waals surface area contributed by atoms with Crippen LogP contribution in [-0.2, 0) is 11.3 Å². The number of hydrogen-bond donors (Lipinski definition) is 1. The molecule has 5 rings (SSSR count). The van der Waals surface area contributed by atoms with E-state index in [9.17, 15) is 4.79 Å². The van der Waals surface area contributed by atoms with Crippen molar-refractivity contribution in [2.45, 2.75) is 19.4 Å². The molecule has 8 nitrogen and oxygen atoms in total. The van der Waals surface area contributed by atoms with Crippen LogP contribution >= 0.6 is 0 Å². The molecule has 0 aromatic carbocycles. The van der Waals surface area contributed by atoms with E-state index in [4.69, 9.17) is 9.72 Å². The van der Waals surface area contributed by atoms with Gasteiger partial charge in [-0.2, -0.15) is 0 Å². The number of aromatic nitrogens is 4. The summed E-state index contributed by atoms with van der Waals surface area (Å²) in [6.07, 6.45) is 6.10. The van der Waals surface area contributed by atoms with E-state index in [0.717, 1.165) is 29.3 Å². The van der Waals surface area contributed by atoms with Crippen LogP contribution in [0.3, 0.4) is 0 Å². The Bertz CT molecular complexity index is 1010. The predicted octanol–water partition coefficient (Wildman–Crippen LogP) is 2.34. The van der Waals surface area contributed by atoms with Gasteiger partial charge in [0.1, 0.15) is 17.0 Å². The molecule has 2 aliphatic rings. The lowest BCUT2D eigenvalue weighted by atomic mass is 10.3. The highest BCUT2D eigenvalue weighted by molar-refractivity contribution is 5.97. The quantitative estimate of drug-likeness (QED) is 0.777. The number of anilines is 3. The van der Waals surface area contributed by atoms with Crippen molar-refractivity contribution in [3.05, 3.63) is 30.7 Å². The number of nitrogens with one attached hydrogen (secondary N) is 1. The van der Waals surface area contributed by atoms with Gasteiger partial charge < -0.3 is 19.5 Å². The Balaban J connectivity index is 1.44. The molecule has 0 unspecified atom stereocenters. The van der Waals surface area contributed by atoms with Crippen LogP contribution in [0.15, 0.2) is 30.7 Å². The van der Waals surface area contributed by atoms with E-state index >= 15 is 0 Å². The molecule has 1 fully saturated rings. The van der Waals surface area contributed by atoms with Gasteiger partial charge in [-0.1, -0.05) is 0 Å². The van der Waals surface area contributed by atoms with Gasteiger partial charge in [0.25, 0.3) is 5.91 Å². The maximum Gasteiger partial charge on any atom is 0.264 e.